The Balaban J connectivity index is 0.00000484. The first-order valence-electron chi connectivity index (χ1n) is 7.49. The van der Waals surface area contributed by atoms with Crippen molar-refractivity contribution in [1.82, 2.24) is 10.6 Å². The molecule has 0 spiro atoms. The molecule has 1 unspecified atom stereocenters. The monoisotopic (exact) mass is 453 g/mol. The summed E-state index contributed by atoms with van der Waals surface area (Å²) in [6, 6.07) is 4.22. The highest BCUT2D eigenvalue weighted by Gasteiger charge is 2.16. The lowest BCUT2D eigenvalue weighted by Crippen LogP contribution is -2.43. The Kier molecular flexibility index (Phi) is 10.5. The van der Waals surface area contributed by atoms with Gasteiger partial charge in [-0.15, -0.1) is 35.3 Å². The molecule has 0 fully saturated rings. The highest BCUT2D eigenvalue weighted by atomic mass is 127. The number of esters is 1. The van der Waals surface area contributed by atoms with Crippen LogP contribution in [0.1, 0.15) is 32.6 Å². The largest absolute Gasteiger partial charge is 0.459 e. The van der Waals surface area contributed by atoms with E-state index in [1.807, 2.05) is 20.8 Å². The molecule has 5 nitrogen and oxygen atoms in total. The fourth-order valence-electron chi connectivity index (χ4n) is 1.87. The van der Waals surface area contributed by atoms with Gasteiger partial charge in [0.25, 0.3) is 0 Å². The molecule has 7 heteroatoms. The molecule has 0 aliphatic heterocycles. The molecule has 0 amide bonds. The molecule has 1 heterocycles. The lowest BCUT2D eigenvalue weighted by atomic mass is 10.1. The second kappa shape index (κ2) is 10.9. The average molecular weight is 453 g/mol. The highest BCUT2D eigenvalue weighted by molar-refractivity contribution is 14.0. The fraction of sp³-hybridized carbons (Fsp3) is 0.625. The van der Waals surface area contributed by atoms with Gasteiger partial charge < -0.3 is 15.4 Å². The third-order valence-corrected chi connectivity index (χ3v) is 3.69. The zero-order chi connectivity index (χ0) is 16.6. The molecule has 0 aliphatic carbocycles. The number of carbonyl (C=O) groups is 1. The van der Waals surface area contributed by atoms with E-state index in [1.54, 1.807) is 18.4 Å². The molecule has 1 aromatic rings. The molecule has 132 valence electrons. The van der Waals surface area contributed by atoms with Gasteiger partial charge in [0, 0.05) is 18.5 Å². The van der Waals surface area contributed by atoms with Crippen LogP contribution in [-0.4, -0.2) is 37.7 Å². The van der Waals surface area contributed by atoms with E-state index in [0.717, 1.165) is 13.0 Å². The molecule has 0 saturated heterocycles. The highest BCUT2D eigenvalue weighted by Crippen LogP contribution is 2.13. The van der Waals surface area contributed by atoms with Crippen LogP contribution >= 0.6 is 35.3 Å². The lowest BCUT2D eigenvalue weighted by Gasteiger charge is -2.20. The van der Waals surface area contributed by atoms with Crippen molar-refractivity contribution in [1.29, 1.82) is 0 Å². The van der Waals surface area contributed by atoms with Gasteiger partial charge in [0.1, 0.15) is 12.1 Å². The predicted molar refractivity (Wildman–Crippen MR) is 108 cm³/mol. The van der Waals surface area contributed by atoms with Crippen LogP contribution in [0.25, 0.3) is 0 Å². The number of halogens is 1. The van der Waals surface area contributed by atoms with Crippen molar-refractivity contribution in [3.05, 3.63) is 22.4 Å². The van der Waals surface area contributed by atoms with Crippen molar-refractivity contribution in [3.63, 3.8) is 0 Å². The Morgan fingerprint density at radius 3 is 2.61 bits per heavy atom. The van der Waals surface area contributed by atoms with Crippen LogP contribution in [0.5, 0.6) is 0 Å². The van der Waals surface area contributed by atoms with Gasteiger partial charge in [0.2, 0.25) is 0 Å². The van der Waals surface area contributed by atoms with Gasteiger partial charge in [0.05, 0.1) is 0 Å². The first-order valence-corrected chi connectivity index (χ1v) is 8.37. The zero-order valence-corrected chi connectivity index (χ0v) is 17.7. The number of thiophene rings is 1. The summed E-state index contributed by atoms with van der Waals surface area (Å²) < 4.78 is 5.25. The first kappa shape index (κ1) is 22.2. The predicted octanol–water partition coefficient (Wildman–Crippen LogP) is 3.05. The Hall–Kier alpha value is -0.830. The van der Waals surface area contributed by atoms with Crippen LogP contribution < -0.4 is 10.6 Å². The molecule has 1 rings (SSSR count). The summed E-state index contributed by atoms with van der Waals surface area (Å²) in [6.45, 7) is 8.65. The molecule has 0 aromatic carbocycles. The van der Waals surface area contributed by atoms with Crippen molar-refractivity contribution < 1.29 is 9.53 Å². The average Bonchev–Trinajstić information content (AvgIpc) is 2.89. The smallest absolute Gasteiger partial charge is 0.325 e. The molecule has 1 atom stereocenters. The maximum absolute atomic E-state index is 11.7. The number of aliphatic imine (C=N–C) groups is 1. The number of nitrogens with one attached hydrogen (secondary N) is 2. The number of carbonyl (C=O) groups excluding carboxylic acids is 1. The number of hydrogen-bond acceptors (Lipinski definition) is 4. The second-order valence-corrected chi connectivity index (χ2v) is 7.31. The summed E-state index contributed by atoms with van der Waals surface area (Å²) >= 11 is 1.78. The van der Waals surface area contributed by atoms with Gasteiger partial charge in [-0.1, -0.05) is 13.0 Å². The van der Waals surface area contributed by atoms with Crippen molar-refractivity contribution in [2.24, 2.45) is 10.9 Å². The number of ether oxygens (including phenoxy) is 1. The summed E-state index contributed by atoms with van der Waals surface area (Å²) in [5, 5.41) is 8.30. The van der Waals surface area contributed by atoms with Crippen LogP contribution in [0.2, 0.25) is 0 Å². The SMILES string of the molecule is CN=C(NCC(=O)OC(C)(C)C)NCC(C)Cc1cccs1.I. The quantitative estimate of drug-likeness (QED) is 0.301. The van der Waals surface area contributed by atoms with Gasteiger partial charge in [-0.05, 0) is 44.6 Å². The zero-order valence-electron chi connectivity index (χ0n) is 14.5. The van der Waals surface area contributed by atoms with E-state index in [1.165, 1.54) is 4.88 Å². The Labute approximate surface area is 160 Å². The lowest BCUT2D eigenvalue weighted by molar-refractivity contribution is -0.153. The van der Waals surface area contributed by atoms with Gasteiger partial charge in [-0.2, -0.15) is 0 Å². The van der Waals surface area contributed by atoms with Gasteiger partial charge in [-0.25, -0.2) is 0 Å². The van der Waals surface area contributed by atoms with E-state index in [-0.39, 0.29) is 36.5 Å². The van der Waals surface area contributed by atoms with Crippen LogP contribution in [0, 0.1) is 5.92 Å². The molecular formula is C16H28IN3O2S. The standard InChI is InChI=1S/C16H27N3O2S.HI/c1-12(9-13-7-6-8-22-13)10-18-15(17-5)19-11-14(20)21-16(2,3)4;/h6-8,12H,9-11H2,1-5H3,(H2,17,18,19);1H. The van der Waals surface area contributed by atoms with E-state index in [0.29, 0.717) is 11.9 Å². The maximum Gasteiger partial charge on any atom is 0.325 e. The Morgan fingerprint density at radius 1 is 1.39 bits per heavy atom. The number of guanidine groups is 1. The summed E-state index contributed by atoms with van der Waals surface area (Å²) in [7, 11) is 1.69. The fourth-order valence-corrected chi connectivity index (χ4v) is 2.74. The second-order valence-electron chi connectivity index (χ2n) is 6.28. The van der Waals surface area contributed by atoms with E-state index < -0.39 is 5.60 Å². The molecule has 0 bridgehead atoms. The van der Waals surface area contributed by atoms with Crippen molar-refractivity contribution in [2.45, 2.75) is 39.7 Å². The third kappa shape index (κ3) is 10.5. The molecule has 0 aliphatic rings. The molecule has 0 radical (unpaired) electrons. The van der Waals surface area contributed by atoms with Crippen molar-refractivity contribution >= 4 is 47.2 Å². The van der Waals surface area contributed by atoms with Crippen LogP contribution in [0.3, 0.4) is 0 Å². The van der Waals surface area contributed by atoms with E-state index in [2.05, 4.69) is 40.1 Å². The van der Waals surface area contributed by atoms with E-state index in [4.69, 9.17) is 4.74 Å². The summed E-state index contributed by atoms with van der Waals surface area (Å²) in [5.74, 6) is 0.810. The van der Waals surface area contributed by atoms with E-state index in [9.17, 15) is 4.79 Å². The number of nitrogens with zero attached hydrogens (tertiary/aromatic N) is 1. The molecule has 0 saturated carbocycles. The normalized spacial score (nSPS) is 13.0. The Morgan fingerprint density at radius 2 is 2.09 bits per heavy atom. The van der Waals surface area contributed by atoms with Gasteiger partial charge >= 0.3 is 5.97 Å². The summed E-state index contributed by atoms with van der Waals surface area (Å²) in [6.07, 6.45) is 1.04. The van der Waals surface area contributed by atoms with Crippen molar-refractivity contribution in [3.8, 4) is 0 Å². The minimum atomic E-state index is -0.467. The molecule has 1 aromatic heterocycles. The molecular weight excluding hydrogens is 425 g/mol. The summed E-state index contributed by atoms with van der Waals surface area (Å²) in [4.78, 5) is 17.2. The maximum atomic E-state index is 11.7. The van der Waals surface area contributed by atoms with Crippen LogP contribution in [0.15, 0.2) is 22.5 Å². The molecule has 23 heavy (non-hydrogen) atoms. The topological polar surface area (TPSA) is 62.7 Å². The van der Waals surface area contributed by atoms with E-state index >= 15 is 0 Å². The molecule has 2 N–H and O–H groups in total. The number of hydrogen-bond donors (Lipinski definition) is 2. The Bertz CT molecular complexity index is 484. The first-order chi connectivity index (χ1) is 10.3. The summed E-state index contributed by atoms with van der Waals surface area (Å²) in [5.41, 5.74) is -0.467. The number of rotatable bonds is 6. The minimum Gasteiger partial charge on any atom is -0.459 e. The van der Waals surface area contributed by atoms with Gasteiger partial charge in [0.15, 0.2) is 5.96 Å². The van der Waals surface area contributed by atoms with Crippen LogP contribution in [-0.2, 0) is 16.0 Å². The minimum absolute atomic E-state index is 0. The van der Waals surface area contributed by atoms with Crippen LogP contribution in [0.4, 0.5) is 0 Å². The van der Waals surface area contributed by atoms with Crippen molar-refractivity contribution in [2.75, 3.05) is 20.1 Å². The van der Waals surface area contributed by atoms with Gasteiger partial charge in [-0.3, -0.25) is 9.79 Å². The third-order valence-electron chi connectivity index (χ3n) is 2.79.